The highest BCUT2D eigenvalue weighted by Crippen LogP contribution is 2.22. The number of aromatic amines is 1. The average Bonchev–Trinajstić information content (AvgIpc) is 3.21. The van der Waals surface area contributed by atoms with Crippen LogP contribution in [-0.4, -0.2) is 17.4 Å². The minimum Gasteiger partial charge on any atom is -0.361 e. The molecule has 4 aromatic rings. The smallest absolute Gasteiger partial charge is 0.360 e. The van der Waals surface area contributed by atoms with E-state index in [0.717, 1.165) is 27.6 Å². The molecular formula is C25H19ClN5O+. The lowest BCUT2D eigenvalue weighted by Gasteiger charge is -2.02. The van der Waals surface area contributed by atoms with Gasteiger partial charge in [-0.2, -0.15) is 5.26 Å². The van der Waals surface area contributed by atoms with Crippen LogP contribution in [0.2, 0.25) is 5.02 Å². The van der Waals surface area contributed by atoms with E-state index >= 15 is 0 Å². The molecule has 1 amide bonds. The van der Waals surface area contributed by atoms with Crippen molar-refractivity contribution in [3.05, 3.63) is 106 Å². The van der Waals surface area contributed by atoms with Crippen LogP contribution in [0.25, 0.3) is 10.9 Å². The van der Waals surface area contributed by atoms with E-state index in [-0.39, 0.29) is 0 Å². The highest BCUT2D eigenvalue weighted by atomic mass is 35.5. The van der Waals surface area contributed by atoms with Crippen LogP contribution >= 0.6 is 11.6 Å². The van der Waals surface area contributed by atoms with Gasteiger partial charge in [0.05, 0.1) is 11.6 Å². The third-order valence-corrected chi connectivity index (χ3v) is 5.31. The molecule has 0 spiro atoms. The molecule has 0 unspecified atom stereocenters. The maximum Gasteiger partial charge on any atom is 0.360 e. The van der Waals surface area contributed by atoms with Gasteiger partial charge in [0, 0.05) is 34.1 Å². The van der Waals surface area contributed by atoms with Gasteiger partial charge < -0.3 is 4.98 Å². The number of nitriles is 1. The Bertz CT molecular complexity index is 1380. The molecule has 4 rings (SSSR count). The molecule has 6 nitrogen and oxygen atoms in total. The van der Waals surface area contributed by atoms with E-state index in [4.69, 9.17) is 16.9 Å². The monoisotopic (exact) mass is 440 g/mol. The Morgan fingerprint density at radius 1 is 1.06 bits per heavy atom. The lowest BCUT2D eigenvalue weighted by atomic mass is 10.0. The largest absolute Gasteiger partial charge is 0.361 e. The van der Waals surface area contributed by atoms with Crippen molar-refractivity contribution in [1.82, 2.24) is 9.90 Å². The number of hydrogen-bond donors (Lipinski definition) is 1. The first-order valence-corrected chi connectivity index (χ1v) is 10.5. The van der Waals surface area contributed by atoms with Crippen LogP contribution in [0.1, 0.15) is 32.6 Å². The van der Waals surface area contributed by atoms with Crippen molar-refractivity contribution in [1.29, 1.82) is 5.26 Å². The zero-order valence-electron chi connectivity index (χ0n) is 17.1. The molecule has 1 aromatic heterocycles. The number of fused-ring (bicyclic) bond motifs is 1. The third kappa shape index (κ3) is 5.16. The topological polar surface area (TPSA) is 95.5 Å². The summed E-state index contributed by atoms with van der Waals surface area (Å²) in [6.45, 7) is 0.414. The quantitative estimate of drug-likeness (QED) is 0.310. The molecule has 0 aliphatic rings. The van der Waals surface area contributed by atoms with Gasteiger partial charge in [-0.1, -0.05) is 35.9 Å². The molecule has 3 aromatic carbocycles. The van der Waals surface area contributed by atoms with Crippen molar-refractivity contribution in [2.45, 2.75) is 12.8 Å². The van der Waals surface area contributed by atoms with Crippen molar-refractivity contribution in [2.75, 3.05) is 6.54 Å². The number of hydrogen-bond acceptors (Lipinski definition) is 3. The summed E-state index contributed by atoms with van der Waals surface area (Å²) in [6, 6.07) is 22.5. The maximum absolute atomic E-state index is 12.2. The fraction of sp³-hybridized carbons (Fsp3) is 0.120. The van der Waals surface area contributed by atoms with E-state index in [1.807, 2.05) is 54.7 Å². The number of carbonyl (C=O) groups is 1. The zero-order valence-corrected chi connectivity index (χ0v) is 17.9. The Labute approximate surface area is 189 Å². The Balaban J connectivity index is 1.34. The summed E-state index contributed by atoms with van der Waals surface area (Å²) in [7, 11) is 0. The number of nitrogens with one attached hydrogen (secondary N) is 1. The number of aromatic nitrogens is 1. The zero-order chi connectivity index (χ0) is 22.3. The highest BCUT2D eigenvalue weighted by molar-refractivity contribution is 6.31. The van der Waals surface area contributed by atoms with Crippen LogP contribution in [0, 0.1) is 11.3 Å². The Kier molecular flexibility index (Phi) is 6.52. The van der Waals surface area contributed by atoms with Gasteiger partial charge in [-0.15, -0.1) is 0 Å². The number of H-pyrrole nitrogens is 1. The van der Waals surface area contributed by atoms with Gasteiger partial charge in [-0.3, -0.25) is 4.79 Å². The van der Waals surface area contributed by atoms with E-state index in [9.17, 15) is 4.79 Å². The third-order valence-electron chi connectivity index (χ3n) is 5.07. The summed E-state index contributed by atoms with van der Waals surface area (Å²) < 4.78 is 0. The van der Waals surface area contributed by atoms with Gasteiger partial charge in [0.15, 0.2) is 0 Å². The van der Waals surface area contributed by atoms with Crippen LogP contribution in [0.3, 0.4) is 0 Å². The van der Waals surface area contributed by atoms with Gasteiger partial charge in [0.25, 0.3) is 0 Å². The van der Waals surface area contributed by atoms with Crippen LogP contribution in [0.15, 0.2) is 83.2 Å². The Morgan fingerprint density at radius 3 is 2.72 bits per heavy atom. The van der Waals surface area contributed by atoms with Crippen LogP contribution in [0.4, 0.5) is 0 Å². The predicted octanol–water partition coefficient (Wildman–Crippen LogP) is 5.64. The van der Waals surface area contributed by atoms with Crippen LogP contribution < -0.4 is 4.91 Å². The minimum absolute atomic E-state index is 0.414. The molecule has 0 atom stereocenters. The van der Waals surface area contributed by atoms with E-state index in [2.05, 4.69) is 26.2 Å². The van der Waals surface area contributed by atoms with E-state index in [1.165, 1.54) is 0 Å². The summed E-state index contributed by atoms with van der Waals surface area (Å²) in [5.41, 5.74) is 5.26. The normalized spacial score (nSPS) is 10.4. The van der Waals surface area contributed by atoms with Crippen molar-refractivity contribution in [2.24, 2.45) is 10.2 Å². The molecule has 7 heteroatoms. The van der Waals surface area contributed by atoms with E-state index in [0.29, 0.717) is 35.5 Å². The van der Waals surface area contributed by atoms with E-state index in [1.54, 1.807) is 18.2 Å². The molecule has 156 valence electrons. The molecule has 0 saturated heterocycles. The Morgan fingerprint density at radius 2 is 1.91 bits per heavy atom. The van der Waals surface area contributed by atoms with Gasteiger partial charge in [0.1, 0.15) is 11.7 Å². The number of halogens is 1. The molecule has 0 radical (unpaired) electrons. The summed E-state index contributed by atoms with van der Waals surface area (Å²) in [5.74, 6) is -0.439. The lowest BCUT2D eigenvalue weighted by Crippen LogP contribution is -1.96. The van der Waals surface area contributed by atoms with Gasteiger partial charge in [0.2, 0.25) is 10.0 Å². The summed E-state index contributed by atoms with van der Waals surface area (Å²) in [6.07, 6.45) is 3.27. The molecule has 0 bridgehead atoms. The van der Waals surface area contributed by atoms with E-state index < -0.39 is 5.91 Å². The molecule has 1 N–H and O–H groups in total. The SMILES string of the molecule is N#Cc1cccc(Cc2ccc(C(=O)N=[N+]=NCCc3c[nH]c4ccc(Cl)cc34)cc2)c1. The molecular weight excluding hydrogens is 422 g/mol. The van der Waals surface area contributed by atoms with Crippen molar-refractivity contribution < 1.29 is 4.79 Å². The predicted molar refractivity (Wildman–Crippen MR) is 124 cm³/mol. The second-order valence-corrected chi connectivity index (χ2v) is 7.74. The molecule has 0 fully saturated rings. The molecule has 0 aliphatic heterocycles. The fourth-order valence-corrected chi connectivity index (χ4v) is 3.63. The Hall–Kier alpha value is -4.04. The number of nitrogens with zero attached hydrogens (tertiary/aromatic N) is 4. The number of benzene rings is 3. The van der Waals surface area contributed by atoms with Crippen molar-refractivity contribution in [3.8, 4) is 6.07 Å². The fourth-order valence-electron chi connectivity index (χ4n) is 3.45. The van der Waals surface area contributed by atoms with Gasteiger partial charge in [-0.25, -0.2) is 0 Å². The number of rotatable bonds is 6. The van der Waals surface area contributed by atoms with Gasteiger partial charge >= 0.3 is 5.91 Å². The molecule has 0 saturated carbocycles. The van der Waals surface area contributed by atoms with Crippen LogP contribution in [-0.2, 0) is 12.8 Å². The summed E-state index contributed by atoms with van der Waals surface area (Å²) in [5, 5.41) is 18.4. The maximum atomic E-state index is 12.2. The average molecular weight is 441 g/mol. The molecule has 1 heterocycles. The molecule has 32 heavy (non-hydrogen) atoms. The van der Waals surface area contributed by atoms with Crippen molar-refractivity contribution in [3.63, 3.8) is 0 Å². The summed E-state index contributed by atoms with van der Waals surface area (Å²) >= 11 is 6.07. The van der Waals surface area contributed by atoms with Crippen molar-refractivity contribution >= 4 is 28.4 Å². The number of amides is 1. The molecule has 0 aliphatic carbocycles. The first kappa shape index (κ1) is 21.2. The number of carbonyl (C=O) groups excluding carboxylic acids is 1. The lowest BCUT2D eigenvalue weighted by molar-refractivity contribution is 0.0992. The first-order valence-electron chi connectivity index (χ1n) is 10.1. The van der Waals surface area contributed by atoms with Crippen LogP contribution in [0.5, 0.6) is 0 Å². The minimum atomic E-state index is -0.439. The first-order chi connectivity index (χ1) is 15.6. The standard InChI is InChI=1S/C25H18ClN5O/c26-22-8-9-24-23(14-22)21(16-28-24)10-11-29-31-30-25(32)20-6-4-17(5-7-20)12-18-2-1-3-19(13-18)15-27/h1-9,13-14,16H,10-12H2/p+1. The summed E-state index contributed by atoms with van der Waals surface area (Å²) in [4.78, 5) is 19.1. The highest BCUT2D eigenvalue weighted by Gasteiger charge is 2.10. The second-order valence-electron chi connectivity index (χ2n) is 7.30. The second kappa shape index (κ2) is 9.84. The van der Waals surface area contributed by atoms with Gasteiger partial charge in [-0.05, 0) is 65.6 Å².